The molecule has 0 atom stereocenters. The third-order valence-corrected chi connectivity index (χ3v) is 3.08. The monoisotopic (exact) mass is 311 g/mol. The highest BCUT2D eigenvalue weighted by atomic mass is 79.9. The lowest BCUT2D eigenvalue weighted by Gasteiger charge is -2.13. The zero-order valence-corrected chi connectivity index (χ0v) is 12.1. The first kappa shape index (κ1) is 13.1. The summed E-state index contributed by atoms with van der Waals surface area (Å²) in [6, 6.07) is 5.18. The Labute approximate surface area is 114 Å². The predicted molar refractivity (Wildman–Crippen MR) is 74.7 cm³/mol. The van der Waals surface area contributed by atoms with E-state index in [-0.39, 0.29) is 11.9 Å². The fourth-order valence-corrected chi connectivity index (χ4v) is 2.05. The number of aromatic nitrogens is 2. The van der Waals surface area contributed by atoms with Crippen LogP contribution in [0, 0.1) is 12.7 Å². The molecule has 0 spiro atoms. The van der Waals surface area contributed by atoms with Gasteiger partial charge in [-0.3, -0.25) is 0 Å². The van der Waals surface area contributed by atoms with Gasteiger partial charge in [0.05, 0.1) is 11.4 Å². The highest BCUT2D eigenvalue weighted by Gasteiger charge is 2.10. The summed E-state index contributed by atoms with van der Waals surface area (Å²) in [5.74, 6) is 0.351. The average Bonchev–Trinajstić information content (AvgIpc) is 2.64. The normalized spacial score (nSPS) is 11.0. The smallest absolute Gasteiger partial charge is 0.207 e. The molecule has 0 saturated carbocycles. The van der Waals surface area contributed by atoms with Gasteiger partial charge in [0, 0.05) is 16.7 Å². The summed E-state index contributed by atoms with van der Waals surface area (Å²) in [5, 5.41) is 3.03. The summed E-state index contributed by atoms with van der Waals surface area (Å²) in [5.41, 5.74) is 1.33. The van der Waals surface area contributed by atoms with Crippen LogP contribution < -0.4 is 5.32 Å². The molecule has 0 saturated heterocycles. The molecule has 0 aliphatic rings. The van der Waals surface area contributed by atoms with Crippen LogP contribution in [-0.2, 0) is 0 Å². The Morgan fingerprint density at radius 2 is 2.11 bits per heavy atom. The van der Waals surface area contributed by atoms with E-state index in [1.165, 1.54) is 6.07 Å². The van der Waals surface area contributed by atoms with E-state index in [0.29, 0.717) is 16.1 Å². The number of aryl methyl sites for hydroxylation is 1. The Morgan fingerprint density at radius 1 is 1.39 bits per heavy atom. The fraction of sp³-hybridized carbons (Fsp3) is 0.308. The van der Waals surface area contributed by atoms with Crippen LogP contribution in [0.25, 0.3) is 0 Å². The molecule has 0 aliphatic carbocycles. The molecule has 18 heavy (non-hydrogen) atoms. The second kappa shape index (κ2) is 5.10. The van der Waals surface area contributed by atoms with Gasteiger partial charge in [-0.25, -0.2) is 9.37 Å². The molecule has 0 fully saturated rings. The molecule has 0 bridgehead atoms. The van der Waals surface area contributed by atoms with Crippen molar-refractivity contribution in [3.8, 4) is 0 Å². The molecule has 0 amide bonds. The van der Waals surface area contributed by atoms with Crippen molar-refractivity contribution in [3.05, 3.63) is 40.4 Å². The Balaban J connectivity index is 2.33. The van der Waals surface area contributed by atoms with Crippen molar-refractivity contribution in [2.75, 3.05) is 5.32 Å². The minimum atomic E-state index is -0.305. The third-order valence-electron chi connectivity index (χ3n) is 2.59. The Hall–Kier alpha value is -1.36. The van der Waals surface area contributed by atoms with E-state index >= 15 is 0 Å². The van der Waals surface area contributed by atoms with Gasteiger partial charge in [-0.1, -0.05) is 15.9 Å². The van der Waals surface area contributed by atoms with Crippen LogP contribution in [0.1, 0.15) is 25.6 Å². The van der Waals surface area contributed by atoms with Crippen LogP contribution in [0.3, 0.4) is 0 Å². The van der Waals surface area contributed by atoms with Gasteiger partial charge in [0.1, 0.15) is 5.82 Å². The van der Waals surface area contributed by atoms with Gasteiger partial charge >= 0.3 is 0 Å². The lowest BCUT2D eigenvalue weighted by molar-refractivity contribution is 0.604. The van der Waals surface area contributed by atoms with Crippen LogP contribution in [0.2, 0.25) is 0 Å². The number of anilines is 2. The molecule has 1 aromatic carbocycles. The molecule has 5 heteroatoms. The molecule has 0 aliphatic heterocycles. The summed E-state index contributed by atoms with van der Waals surface area (Å²) in [6.07, 6.45) is 1.95. The van der Waals surface area contributed by atoms with E-state index in [1.807, 2.05) is 17.7 Å². The molecule has 1 aromatic heterocycles. The third kappa shape index (κ3) is 2.72. The van der Waals surface area contributed by atoms with Crippen molar-refractivity contribution >= 4 is 27.6 Å². The minimum absolute atomic E-state index is 0.271. The van der Waals surface area contributed by atoms with Crippen LogP contribution in [-0.4, -0.2) is 9.55 Å². The minimum Gasteiger partial charge on any atom is -0.323 e. The lowest BCUT2D eigenvalue weighted by Crippen LogP contribution is -2.06. The van der Waals surface area contributed by atoms with Gasteiger partial charge in [0.15, 0.2) is 0 Å². The Kier molecular flexibility index (Phi) is 3.71. The van der Waals surface area contributed by atoms with Gasteiger partial charge in [0.2, 0.25) is 5.95 Å². The van der Waals surface area contributed by atoms with E-state index in [1.54, 1.807) is 12.1 Å². The topological polar surface area (TPSA) is 29.9 Å². The van der Waals surface area contributed by atoms with E-state index in [9.17, 15) is 4.39 Å². The summed E-state index contributed by atoms with van der Waals surface area (Å²) in [7, 11) is 0. The molecule has 0 unspecified atom stereocenters. The van der Waals surface area contributed by atoms with Crippen molar-refractivity contribution in [2.45, 2.75) is 26.8 Å². The van der Waals surface area contributed by atoms with Crippen LogP contribution >= 0.6 is 15.9 Å². The SMILES string of the molecule is Cc1cn(C(C)C)c(Nc2ccc(Br)cc2F)n1. The van der Waals surface area contributed by atoms with Crippen LogP contribution in [0.15, 0.2) is 28.9 Å². The van der Waals surface area contributed by atoms with E-state index in [4.69, 9.17) is 0 Å². The number of nitrogens with zero attached hydrogens (tertiary/aromatic N) is 2. The summed E-state index contributed by atoms with van der Waals surface area (Å²) in [6.45, 7) is 6.04. The van der Waals surface area contributed by atoms with Gasteiger partial charge in [-0.05, 0) is 39.0 Å². The molecular weight excluding hydrogens is 297 g/mol. The summed E-state index contributed by atoms with van der Waals surface area (Å²) >= 11 is 3.23. The van der Waals surface area contributed by atoms with Gasteiger partial charge < -0.3 is 9.88 Å². The maximum Gasteiger partial charge on any atom is 0.207 e. The van der Waals surface area contributed by atoms with Crippen molar-refractivity contribution in [2.24, 2.45) is 0 Å². The summed E-state index contributed by atoms with van der Waals surface area (Å²) < 4.78 is 16.4. The van der Waals surface area contributed by atoms with Crippen molar-refractivity contribution in [3.63, 3.8) is 0 Å². The molecule has 2 aromatic rings. The number of rotatable bonds is 3. The van der Waals surface area contributed by atoms with E-state index in [2.05, 4.69) is 40.1 Å². The molecule has 1 heterocycles. The van der Waals surface area contributed by atoms with Gasteiger partial charge in [-0.2, -0.15) is 0 Å². The zero-order chi connectivity index (χ0) is 13.3. The quantitative estimate of drug-likeness (QED) is 0.909. The van der Waals surface area contributed by atoms with Gasteiger partial charge in [-0.15, -0.1) is 0 Å². The largest absolute Gasteiger partial charge is 0.323 e. The molecule has 96 valence electrons. The average molecular weight is 312 g/mol. The van der Waals surface area contributed by atoms with Crippen molar-refractivity contribution < 1.29 is 4.39 Å². The van der Waals surface area contributed by atoms with Crippen molar-refractivity contribution in [1.29, 1.82) is 0 Å². The Morgan fingerprint density at radius 3 is 2.72 bits per heavy atom. The second-order valence-electron chi connectivity index (χ2n) is 4.46. The zero-order valence-electron chi connectivity index (χ0n) is 10.5. The van der Waals surface area contributed by atoms with E-state index < -0.39 is 0 Å². The number of benzene rings is 1. The highest BCUT2D eigenvalue weighted by molar-refractivity contribution is 9.10. The first-order valence-corrected chi connectivity index (χ1v) is 6.54. The van der Waals surface area contributed by atoms with Crippen LogP contribution in [0.5, 0.6) is 0 Å². The molecule has 0 radical (unpaired) electrons. The fourth-order valence-electron chi connectivity index (χ4n) is 1.71. The summed E-state index contributed by atoms with van der Waals surface area (Å²) in [4.78, 5) is 4.36. The van der Waals surface area contributed by atoms with Gasteiger partial charge in [0.25, 0.3) is 0 Å². The number of hydrogen-bond donors (Lipinski definition) is 1. The van der Waals surface area contributed by atoms with E-state index in [0.717, 1.165) is 5.69 Å². The second-order valence-corrected chi connectivity index (χ2v) is 5.37. The lowest BCUT2D eigenvalue weighted by atomic mass is 10.3. The Bertz CT molecular complexity index is 563. The standard InChI is InChI=1S/C13H15BrFN3/c1-8(2)18-7-9(3)16-13(18)17-12-5-4-10(14)6-11(12)15/h4-8H,1-3H3,(H,16,17). The maximum absolute atomic E-state index is 13.7. The number of halogens is 2. The highest BCUT2D eigenvalue weighted by Crippen LogP contribution is 2.24. The molecule has 3 nitrogen and oxygen atoms in total. The number of hydrogen-bond acceptors (Lipinski definition) is 2. The number of nitrogens with one attached hydrogen (secondary N) is 1. The van der Waals surface area contributed by atoms with Crippen LogP contribution in [0.4, 0.5) is 16.0 Å². The first-order chi connectivity index (χ1) is 8.47. The maximum atomic E-state index is 13.7. The predicted octanol–water partition coefficient (Wildman–Crippen LogP) is 4.42. The molecule has 1 N–H and O–H groups in total. The number of imidazole rings is 1. The first-order valence-electron chi connectivity index (χ1n) is 5.75. The molecular formula is C13H15BrFN3. The molecule has 2 rings (SSSR count). The van der Waals surface area contributed by atoms with Crippen molar-refractivity contribution in [1.82, 2.24) is 9.55 Å².